The molecule has 2 saturated heterocycles. The summed E-state index contributed by atoms with van der Waals surface area (Å²) in [6.45, 7) is 2.22. The van der Waals surface area contributed by atoms with Crippen LogP contribution in [0.1, 0.15) is 44.1 Å². The van der Waals surface area contributed by atoms with Crippen LogP contribution < -0.4 is 4.74 Å². The number of nitrogens with zero attached hydrogens (tertiary/aromatic N) is 2. The molecule has 8 heteroatoms. The summed E-state index contributed by atoms with van der Waals surface area (Å²) in [6, 6.07) is 5.37. The second-order valence-corrected chi connectivity index (χ2v) is 10.5. The summed E-state index contributed by atoms with van der Waals surface area (Å²) in [4.78, 5) is 15.1. The van der Waals surface area contributed by atoms with E-state index in [-0.39, 0.29) is 10.8 Å². The lowest BCUT2D eigenvalue weighted by Gasteiger charge is -2.43. The van der Waals surface area contributed by atoms with Gasteiger partial charge in [-0.15, -0.1) is 0 Å². The van der Waals surface area contributed by atoms with Gasteiger partial charge < -0.3 is 14.4 Å². The Kier molecular flexibility index (Phi) is 6.99. The molecule has 2 unspecified atom stereocenters. The lowest BCUT2D eigenvalue weighted by molar-refractivity contribution is -0.132. The van der Waals surface area contributed by atoms with Crippen LogP contribution in [0.3, 0.4) is 0 Å². The molecule has 3 aliphatic rings. The van der Waals surface area contributed by atoms with Gasteiger partial charge >= 0.3 is 0 Å². The predicted octanol–water partition coefficient (Wildman–Crippen LogP) is 2.91. The van der Waals surface area contributed by atoms with E-state index in [1.807, 2.05) is 4.90 Å². The Morgan fingerprint density at radius 2 is 1.84 bits per heavy atom. The van der Waals surface area contributed by atoms with Crippen LogP contribution in [0.2, 0.25) is 0 Å². The smallest absolute Gasteiger partial charge is 0.246 e. The molecule has 0 bridgehead atoms. The summed E-state index contributed by atoms with van der Waals surface area (Å²) in [6.07, 6.45) is 10.4. The summed E-state index contributed by atoms with van der Waals surface area (Å²) in [5.74, 6) is 0.951. The number of sulfonamides is 1. The number of likely N-dealkylation sites (tertiary alicyclic amines) is 1. The average Bonchev–Trinajstić information content (AvgIpc) is 2.82. The highest BCUT2D eigenvalue weighted by molar-refractivity contribution is 7.89. The van der Waals surface area contributed by atoms with E-state index < -0.39 is 10.0 Å². The number of benzene rings is 1. The summed E-state index contributed by atoms with van der Waals surface area (Å²) in [5, 5.41) is 0. The Morgan fingerprint density at radius 1 is 1.10 bits per heavy atom. The minimum atomic E-state index is -3.70. The molecule has 0 spiro atoms. The number of carbonyl (C=O) groups is 1. The van der Waals surface area contributed by atoms with Crippen molar-refractivity contribution in [3.63, 3.8) is 0 Å². The second kappa shape index (κ2) is 9.71. The van der Waals surface area contributed by atoms with Gasteiger partial charge in [-0.3, -0.25) is 4.79 Å². The van der Waals surface area contributed by atoms with Gasteiger partial charge in [0.1, 0.15) is 10.6 Å². The molecule has 0 N–H and O–H groups in total. The molecule has 1 amide bonds. The fraction of sp³-hybridized carbons (Fsp3) is 0.609. The van der Waals surface area contributed by atoms with Crippen LogP contribution in [0.4, 0.5) is 0 Å². The molecule has 2 atom stereocenters. The van der Waals surface area contributed by atoms with Crippen molar-refractivity contribution in [3.8, 4) is 5.75 Å². The molecule has 170 valence electrons. The molecule has 0 radical (unpaired) electrons. The summed E-state index contributed by atoms with van der Waals surface area (Å²) in [5.41, 5.74) is 0.665. The number of fused-ring (bicyclic) bond motifs is 1. The van der Waals surface area contributed by atoms with Crippen molar-refractivity contribution in [2.75, 3.05) is 40.0 Å². The number of morpholine rings is 1. The van der Waals surface area contributed by atoms with Crippen LogP contribution >= 0.6 is 0 Å². The Hall–Kier alpha value is -1.90. The monoisotopic (exact) mass is 448 g/mol. The fourth-order valence-electron chi connectivity index (χ4n) is 5.09. The zero-order valence-electron chi connectivity index (χ0n) is 18.2. The molecular formula is C23H32N2O5S. The highest BCUT2D eigenvalue weighted by Gasteiger charge is 2.35. The summed E-state index contributed by atoms with van der Waals surface area (Å²) < 4.78 is 38.3. The first kappa shape index (κ1) is 22.3. The van der Waals surface area contributed by atoms with Gasteiger partial charge in [-0.1, -0.05) is 18.9 Å². The maximum absolute atomic E-state index is 13.2. The van der Waals surface area contributed by atoms with Gasteiger partial charge in [-0.05, 0) is 55.4 Å². The minimum absolute atomic E-state index is 0.0185. The number of rotatable bonds is 5. The third-order valence-electron chi connectivity index (χ3n) is 6.72. The van der Waals surface area contributed by atoms with E-state index >= 15 is 0 Å². The zero-order valence-corrected chi connectivity index (χ0v) is 19.0. The maximum atomic E-state index is 13.2. The van der Waals surface area contributed by atoms with Gasteiger partial charge in [0.2, 0.25) is 15.9 Å². The van der Waals surface area contributed by atoms with Crippen molar-refractivity contribution in [2.45, 2.75) is 49.5 Å². The van der Waals surface area contributed by atoms with Gasteiger partial charge in [0.05, 0.1) is 20.3 Å². The van der Waals surface area contributed by atoms with Crippen molar-refractivity contribution in [2.24, 2.45) is 5.92 Å². The third-order valence-corrected chi connectivity index (χ3v) is 8.64. The molecule has 1 saturated carbocycles. The highest BCUT2D eigenvalue weighted by atomic mass is 32.2. The molecule has 1 aromatic carbocycles. The van der Waals surface area contributed by atoms with E-state index in [1.165, 1.54) is 37.1 Å². The average molecular weight is 449 g/mol. The number of hydrogen-bond acceptors (Lipinski definition) is 5. The van der Waals surface area contributed by atoms with E-state index in [0.29, 0.717) is 49.6 Å². The summed E-state index contributed by atoms with van der Waals surface area (Å²) in [7, 11) is -2.24. The highest BCUT2D eigenvalue weighted by Crippen LogP contribution is 2.35. The Morgan fingerprint density at radius 3 is 2.61 bits per heavy atom. The molecule has 1 aliphatic carbocycles. The van der Waals surface area contributed by atoms with E-state index in [4.69, 9.17) is 9.47 Å². The SMILES string of the molecule is COc1ccc(C=CC(=O)N2CCCC3CCCCC32)cc1S(=O)(=O)N1CCOCC1. The van der Waals surface area contributed by atoms with Crippen LogP contribution in [0, 0.1) is 5.92 Å². The third kappa shape index (κ3) is 4.81. The Balaban J connectivity index is 1.54. The first-order valence-corrected chi connectivity index (χ1v) is 12.7. The van der Waals surface area contributed by atoms with Crippen molar-refractivity contribution in [1.82, 2.24) is 9.21 Å². The number of ether oxygens (including phenoxy) is 2. The van der Waals surface area contributed by atoms with Gasteiger partial charge in [0.15, 0.2) is 0 Å². The van der Waals surface area contributed by atoms with Crippen LogP contribution in [-0.4, -0.2) is 69.5 Å². The number of amides is 1. The molecule has 1 aromatic rings. The van der Waals surface area contributed by atoms with Gasteiger partial charge in [-0.25, -0.2) is 8.42 Å². The standard InChI is InChI=1S/C23H32N2O5S/c1-29-21-10-8-18(17-22(21)31(27,28)24-13-15-30-16-14-24)9-11-23(26)25-12-4-6-19-5-2-3-7-20(19)25/h8-11,17,19-20H,2-7,12-16H2,1H3. The molecular weight excluding hydrogens is 416 g/mol. The first-order chi connectivity index (χ1) is 15.0. The number of carbonyl (C=O) groups excluding carboxylic acids is 1. The van der Waals surface area contributed by atoms with Crippen molar-refractivity contribution < 1.29 is 22.7 Å². The van der Waals surface area contributed by atoms with Gasteiger partial charge in [0, 0.05) is 31.8 Å². The van der Waals surface area contributed by atoms with Crippen LogP contribution in [0.25, 0.3) is 6.08 Å². The number of methoxy groups -OCH3 is 1. The molecule has 2 heterocycles. The lowest BCUT2D eigenvalue weighted by Crippen LogP contribution is -2.49. The molecule has 31 heavy (non-hydrogen) atoms. The number of hydrogen-bond donors (Lipinski definition) is 0. The topological polar surface area (TPSA) is 76.2 Å². The van der Waals surface area contributed by atoms with Gasteiger partial charge in [0.25, 0.3) is 0 Å². The molecule has 4 rings (SSSR count). The van der Waals surface area contributed by atoms with Crippen molar-refractivity contribution >= 4 is 22.0 Å². The van der Waals surface area contributed by atoms with Crippen LogP contribution in [0.5, 0.6) is 5.75 Å². The van der Waals surface area contributed by atoms with E-state index in [2.05, 4.69) is 0 Å². The molecule has 0 aromatic heterocycles. The number of piperidine rings is 1. The lowest BCUT2D eigenvalue weighted by atomic mass is 9.78. The maximum Gasteiger partial charge on any atom is 0.246 e. The van der Waals surface area contributed by atoms with Crippen LogP contribution in [0.15, 0.2) is 29.2 Å². The zero-order chi connectivity index (χ0) is 21.8. The van der Waals surface area contributed by atoms with Gasteiger partial charge in [-0.2, -0.15) is 4.31 Å². The quantitative estimate of drug-likeness (QED) is 0.648. The fourth-order valence-corrected chi connectivity index (χ4v) is 6.68. The van der Waals surface area contributed by atoms with E-state index in [0.717, 1.165) is 19.4 Å². The molecule has 7 nitrogen and oxygen atoms in total. The van der Waals surface area contributed by atoms with Crippen molar-refractivity contribution in [3.05, 3.63) is 29.8 Å². The van der Waals surface area contributed by atoms with E-state index in [9.17, 15) is 13.2 Å². The molecule has 3 fully saturated rings. The second-order valence-electron chi connectivity index (χ2n) is 8.55. The minimum Gasteiger partial charge on any atom is -0.495 e. The largest absolute Gasteiger partial charge is 0.495 e. The van der Waals surface area contributed by atoms with E-state index in [1.54, 1.807) is 30.4 Å². The predicted molar refractivity (Wildman–Crippen MR) is 118 cm³/mol. The Labute approximate surface area is 185 Å². The van der Waals surface area contributed by atoms with Crippen molar-refractivity contribution in [1.29, 1.82) is 0 Å². The normalized spacial score (nSPS) is 25.4. The first-order valence-electron chi connectivity index (χ1n) is 11.3. The Bertz CT molecular complexity index is 922. The van der Waals surface area contributed by atoms with Crippen LogP contribution in [-0.2, 0) is 19.6 Å². The summed E-state index contributed by atoms with van der Waals surface area (Å²) >= 11 is 0. The molecule has 2 aliphatic heterocycles.